The Kier molecular flexibility index (Phi) is 4.93. The highest BCUT2D eigenvalue weighted by Crippen LogP contribution is 2.17. The summed E-state index contributed by atoms with van der Waals surface area (Å²) in [6.07, 6.45) is 1.21. The van der Waals surface area contributed by atoms with Gasteiger partial charge < -0.3 is 0 Å². The second-order valence-electron chi connectivity index (χ2n) is 5.60. The van der Waals surface area contributed by atoms with Gasteiger partial charge in [-0.05, 0) is 25.1 Å². The summed E-state index contributed by atoms with van der Waals surface area (Å²) in [7, 11) is 0. The van der Waals surface area contributed by atoms with Gasteiger partial charge in [-0.15, -0.1) is 0 Å². The molecule has 0 saturated carbocycles. The average Bonchev–Trinajstić information content (AvgIpc) is 2.96. The van der Waals surface area contributed by atoms with Crippen molar-refractivity contribution in [3.8, 4) is 5.69 Å². The summed E-state index contributed by atoms with van der Waals surface area (Å²) < 4.78 is 1.36. The van der Waals surface area contributed by atoms with Crippen LogP contribution in [0.25, 0.3) is 5.69 Å². The van der Waals surface area contributed by atoms with E-state index in [4.69, 9.17) is 0 Å². The number of para-hydroxylation sites is 2. The fraction of sp³-hybridized carbons (Fsp3) is 0.0556. The van der Waals surface area contributed by atoms with Gasteiger partial charge in [0.1, 0.15) is 5.56 Å². The van der Waals surface area contributed by atoms with Gasteiger partial charge in [0.2, 0.25) is 0 Å². The second kappa shape index (κ2) is 7.48. The van der Waals surface area contributed by atoms with Gasteiger partial charge in [0.25, 0.3) is 17.2 Å². The van der Waals surface area contributed by atoms with Crippen LogP contribution in [0.5, 0.6) is 0 Å². The Hall–Kier alpha value is -4.01. The molecule has 136 valence electrons. The number of nitrogens with zero attached hydrogens (tertiary/aromatic N) is 3. The van der Waals surface area contributed by atoms with E-state index in [0.29, 0.717) is 11.4 Å². The molecule has 0 aliphatic rings. The van der Waals surface area contributed by atoms with E-state index < -0.39 is 10.8 Å². The molecule has 9 nitrogen and oxygen atoms in total. The van der Waals surface area contributed by atoms with E-state index in [-0.39, 0.29) is 22.4 Å². The second-order valence-corrected chi connectivity index (χ2v) is 5.60. The molecule has 1 amide bonds. The quantitative estimate of drug-likeness (QED) is 0.408. The number of hydrogen-bond donors (Lipinski definition) is 2. The highest BCUT2D eigenvalue weighted by molar-refractivity contribution is 5.98. The van der Waals surface area contributed by atoms with Crippen molar-refractivity contribution in [1.29, 1.82) is 0 Å². The van der Waals surface area contributed by atoms with Gasteiger partial charge >= 0.3 is 0 Å². The molecule has 0 spiro atoms. The van der Waals surface area contributed by atoms with Crippen LogP contribution >= 0.6 is 0 Å². The summed E-state index contributed by atoms with van der Waals surface area (Å²) in [6, 6.07) is 14.5. The molecule has 0 fully saturated rings. The largest absolute Gasteiger partial charge is 0.295 e. The Morgan fingerprint density at radius 2 is 1.85 bits per heavy atom. The van der Waals surface area contributed by atoms with E-state index in [1.54, 1.807) is 31.2 Å². The van der Waals surface area contributed by atoms with Crippen molar-refractivity contribution in [2.24, 2.45) is 5.10 Å². The minimum Gasteiger partial charge on any atom is -0.295 e. The predicted octanol–water partition coefficient (Wildman–Crippen LogP) is 2.15. The normalized spacial score (nSPS) is 10.9. The van der Waals surface area contributed by atoms with Crippen LogP contribution in [0.1, 0.15) is 21.6 Å². The fourth-order valence-electron chi connectivity index (χ4n) is 2.51. The number of H-pyrrole nitrogens is 1. The summed E-state index contributed by atoms with van der Waals surface area (Å²) in [5.41, 5.74) is 2.93. The molecular weight excluding hydrogens is 350 g/mol. The number of nitro groups is 1. The van der Waals surface area contributed by atoms with E-state index in [1.807, 2.05) is 6.07 Å². The van der Waals surface area contributed by atoms with E-state index in [0.717, 1.165) is 0 Å². The fourth-order valence-corrected chi connectivity index (χ4v) is 2.51. The van der Waals surface area contributed by atoms with Gasteiger partial charge in [-0.1, -0.05) is 30.3 Å². The number of benzene rings is 2. The highest BCUT2D eigenvalue weighted by Gasteiger charge is 2.18. The van der Waals surface area contributed by atoms with Gasteiger partial charge in [0.05, 0.1) is 22.4 Å². The molecule has 0 bridgehead atoms. The number of aromatic nitrogens is 2. The number of aromatic amines is 1. The summed E-state index contributed by atoms with van der Waals surface area (Å²) in [5.74, 6) is -0.741. The van der Waals surface area contributed by atoms with Gasteiger partial charge in [-0.25, -0.2) is 10.1 Å². The number of nitro benzene ring substituents is 1. The maximum Gasteiger partial charge on any atom is 0.282 e. The van der Waals surface area contributed by atoms with Gasteiger partial charge in [-0.3, -0.25) is 24.8 Å². The first-order valence-electron chi connectivity index (χ1n) is 7.93. The summed E-state index contributed by atoms with van der Waals surface area (Å²) in [6.45, 7) is 1.70. The molecule has 2 aromatic carbocycles. The lowest BCUT2D eigenvalue weighted by Crippen LogP contribution is -2.20. The molecule has 9 heteroatoms. The van der Waals surface area contributed by atoms with E-state index in [2.05, 4.69) is 15.6 Å². The van der Waals surface area contributed by atoms with Crippen molar-refractivity contribution in [1.82, 2.24) is 15.2 Å². The van der Waals surface area contributed by atoms with Crippen LogP contribution in [-0.2, 0) is 0 Å². The smallest absolute Gasteiger partial charge is 0.282 e. The number of hydrazone groups is 1. The minimum atomic E-state index is -0.741. The van der Waals surface area contributed by atoms with Crippen molar-refractivity contribution >= 4 is 17.8 Å². The van der Waals surface area contributed by atoms with Crippen molar-refractivity contribution in [3.05, 3.63) is 91.9 Å². The monoisotopic (exact) mass is 365 g/mol. The number of amides is 1. The Balaban J connectivity index is 1.82. The molecule has 3 rings (SSSR count). The molecule has 0 atom stereocenters. The Morgan fingerprint density at radius 3 is 2.56 bits per heavy atom. The van der Waals surface area contributed by atoms with Crippen molar-refractivity contribution < 1.29 is 9.72 Å². The first-order chi connectivity index (χ1) is 13.0. The zero-order valence-corrected chi connectivity index (χ0v) is 14.2. The lowest BCUT2D eigenvalue weighted by Gasteiger charge is -2.00. The molecule has 0 saturated heterocycles. The molecule has 3 aromatic rings. The van der Waals surface area contributed by atoms with E-state index >= 15 is 0 Å². The summed E-state index contributed by atoms with van der Waals surface area (Å²) in [4.78, 5) is 35.0. The third-order valence-electron chi connectivity index (χ3n) is 3.84. The lowest BCUT2D eigenvalue weighted by atomic mass is 10.2. The molecule has 0 aliphatic heterocycles. The van der Waals surface area contributed by atoms with Gasteiger partial charge in [-0.2, -0.15) is 5.10 Å². The molecular formula is C18H15N5O4. The maximum atomic E-state index is 12.5. The van der Waals surface area contributed by atoms with Crippen LogP contribution in [0.3, 0.4) is 0 Å². The van der Waals surface area contributed by atoms with Crippen LogP contribution < -0.4 is 11.0 Å². The number of carbonyl (C=O) groups is 1. The molecule has 2 N–H and O–H groups in total. The first kappa shape index (κ1) is 17.8. The van der Waals surface area contributed by atoms with E-state index in [1.165, 1.54) is 35.2 Å². The van der Waals surface area contributed by atoms with Crippen LogP contribution in [0.4, 0.5) is 5.69 Å². The molecule has 1 heterocycles. The summed E-state index contributed by atoms with van der Waals surface area (Å²) in [5, 5.41) is 17.7. The summed E-state index contributed by atoms with van der Waals surface area (Å²) >= 11 is 0. The van der Waals surface area contributed by atoms with Crippen molar-refractivity contribution in [2.45, 2.75) is 6.92 Å². The average molecular weight is 365 g/mol. The highest BCUT2D eigenvalue weighted by atomic mass is 16.6. The molecule has 0 radical (unpaired) electrons. The molecule has 0 unspecified atom stereocenters. The predicted molar refractivity (Wildman–Crippen MR) is 99.3 cm³/mol. The number of aryl methyl sites for hydroxylation is 1. The zero-order chi connectivity index (χ0) is 19.4. The first-order valence-corrected chi connectivity index (χ1v) is 7.93. The third-order valence-corrected chi connectivity index (χ3v) is 3.84. The molecule has 1 aromatic heterocycles. The zero-order valence-electron chi connectivity index (χ0n) is 14.2. The number of rotatable bonds is 5. The minimum absolute atomic E-state index is 0.118. The maximum absolute atomic E-state index is 12.5. The van der Waals surface area contributed by atoms with Crippen LogP contribution in [0, 0.1) is 17.0 Å². The molecule has 27 heavy (non-hydrogen) atoms. The standard InChI is InChI=1S/C18H15N5O4/c1-12-15(18(25)22(21-12)13-7-3-2-4-8-13)11-19-20-17(24)14-9-5-6-10-16(14)23(26)27/h2-11,21H,1H3,(H,20,24)/b19-11+. The molecule has 0 aliphatic carbocycles. The van der Waals surface area contributed by atoms with Crippen LogP contribution in [0.2, 0.25) is 0 Å². The Morgan fingerprint density at radius 1 is 1.19 bits per heavy atom. The topological polar surface area (TPSA) is 122 Å². The van der Waals surface area contributed by atoms with Crippen LogP contribution in [-0.4, -0.2) is 26.8 Å². The van der Waals surface area contributed by atoms with E-state index in [9.17, 15) is 19.7 Å². The van der Waals surface area contributed by atoms with Crippen molar-refractivity contribution in [2.75, 3.05) is 0 Å². The van der Waals surface area contributed by atoms with Crippen LogP contribution in [0.15, 0.2) is 64.5 Å². The lowest BCUT2D eigenvalue weighted by molar-refractivity contribution is -0.385. The van der Waals surface area contributed by atoms with Crippen molar-refractivity contribution in [3.63, 3.8) is 0 Å². The number of hydrogen-bond acceptors (Lipinski definition) is 5. The SMILES string of the molecule is Cc1[nH]n(-c2ccccc2)c(=O)c1/C=N/NC(=O)c1ccccc1[N+](=O)[O-]. The third kappa shape index (κ3) is 3.66. The Labute approximate surface area is 153 Å². The van der Waals surface area contributed by atoms with Gasteiger partial charge in [0, 0.05) is 11.8 Å². The number of carbonyl (C=O) groups excluding carboxylic acids is 1. The Bertz CT molecular complexity index is 1080. The van der Waals surface area contributed by atoms with Gasteiger partial charge in [0.15, 0.2) is 0 Å². The number of nitrogens with one attached hydrogen (secondary N) is 2.